The normalized spacial score (nSPS) is 22.2. The molecular weight excluding hydrogens is 348 g/mol. The van der Waals surface area contributed by atoms with Crippen LogP contribution in [-0.4, -0.2) is 17.7 Å². The van der Waals surface area contributed by atoms with Crippen LogP contribution in [0.3, 0.4) is 0 Å². The highest BCUT2D eigenvalue weighted by atomic mass is 35.5. The number of benzene rings is 2. The Morgan fingerprint density at radius 1 is 1.04 bits per heavy atom. The van der Waals surface area contributed by atoms with Gasteiger partial charge in [-0.3, -0.25) is 9.59 Å². The monoisotopic (exact) mass is 366 g/mol. The second-order valence-corrected chi connectivity index (χ2v) is 7.35. The number of hydrogen-bond acceptors (Lipinski definition) is 3. The topological polar surface area (TPSA) is 43.4 Å². The third-order valence-corrected chi connectivity index (χ3v) is 5.37. The summed E-state index contributed by atoms with van der Waals surface area (Å²) < 4.78 is 6.06. The first-order chi connectivity index (χ1) is 12.5. The Balaban J connectivity index is 1.76. The van der Waals surface area contributed by atoms with Gasteiger partial charge in [-0.2, -0.15) is 0 Å². The molecule has 4 heteroatoms. The zero-order valence-corrected chi connectivity index (χ0v) is 15.3. The van der Waals surface area contributed by atoms with E-state index in [0.29, 0.717) is 34.8 Å². The third-order valence-electron chi connectivity index (χ3n) is 5.12. The van der Waals surface area contributed by atoms with E-state index in [2.05, 4.69) is 0 Å². The Morgan fingerprint density at radius 3 is 2.42 bits per heavy atom. The van der Waals surface area contributed by atoms with E-state index in [-0.39, 0.29) is 17.5 Å². The molecule has 0 saturated carbocycles. The number of ether oxygens (including phenoxy) is 1. The minimum Gasteiger partial charge on any atom is -0.485 e. The van der Waals surface area contributed by atoms with Gasteiger partial charge in [0, 0.05) is 29.0 Å². The van der Waals surface area contributed by atoms with E-state index in [4.69, 9.17) is 16.3 Å². The van der Waals surface area contributed by atoms with Gasteiger partial charge in [0.1, 0.15) is 5.76 Å². The molecular formula is C22H19ClO3. The number of Topliss-reactive ketones (excluding diaryl/α,β-unsaturated/α-hetero) is 2. The van der Waals surface area contributed by atoms with Crippen LogP contribution >= 0.6 is 11.6 Å². The van der Waals surface area contributed by atoms with Gasteiger partial charge in [-0.25, -0.2) is 0 Å². The van der Waals surface area contributed by atoms with Crippen LogP contribution in [-0.2, 0) is 9.53 Å². The van der Waals surface area contributed by atoms with Crippen LogP contribution in [0, 0.1) is 6.92 Å². The van der Waals surface area contributed by atoms with Crippen LogP contribution < -0.4 is 0 Å². The highest BCUT2D eigenvalue weighted by Gasteiger charge is 2.45. The van der Waals surface area contributed by atoms with Crippen molar-refractivity contribution in [2.45, 2.75) is 38.2 Å². The van der Waals surface area contributed by atoms with Crippen molar-refractivity contribution in [2.75, 3.05) is 0 Å². The number of ketones is 2. The van der Waals surface area contributed by atoms with Crippen LogP contribution in [0.5, 0.6) is 0 Å². The van der Waals surface area contributed by atoms with Gasteiger partial charge in [0.2, 0.25) is 5.78 Å². The Labute approximate surface area is 157 Å². The van der Waals surface area contributed by atoms with Gasteiger partial charge < -0.3 is 4.74 Å². The van der Waals surface area contributed by atoms with Crippen molar-refractivity contribution < 1.29 is 14.3 Å². The van der Waals surface area contributed by atoms with Crippen molar-refractivity contribution in [3.8, 4) is 0 Å². The molecule has 0 aromatic heterocycles. The first kappa shape index (κ1) is 17.0. The van der Waals surface area contributed by atoms with E-state index in [1.54, 1.807) is 24.3 Å². The SMILES string of the molecule is Cc1ccc([C@@H]2C3=C(CCCC3=O)O[C@H]2C(=O)c2ccc(Cl)cc2)cc1. The van der Waals surface area contributed by atoms with Gasteiger partial charge in [0.05, 0.1) is 5.92 Å². The molecule has 132 valence electrons. The highest BCUT2D eigenvalue weighted by Crippen LogP contribution is 2.45. The molecule has 0 amide bonds. The molecule has 0 spiro atoms. The summed E-state index contributed by atoms with van der Waals surface area (Å²) in [6.45, 7) is 2.02. The average Bonchev–Trinajstić information content (AvgIpc) is 3.03. The molecule has 0 bridgehead atoms. The summed E-state index contributed by atoms with van der Waals surface area (Å²) in [7, 11) is 0. The fraction of sp³-hybridized carbons (Fsp3) is 0.273. The van der Waals surface area contributed by atoms with E-state index in [9.17, 15) is 9.59 Å². The van der Waals surface area contributed by atoms with Crippen molar-refractivity contribution in [3.05, 3.63) is 81.6 Å². The summed E-state index contributed by atoms with van der Waals surface area (Å²) in [5.74, 6) is 0.332. The zero-order chi connectivity index (χ0) is 18.3. The number of hydrogen-bond donors (Lipinski definition) is 0. The van der Waals surface area contributed by atoms with Crippen LogP contribution in [0.4, 0.5) is 0 Å². The first-order valence-corrected chi connectivity index (χ1v) is 9.21. The standard InChI is InChI=1S/C22H19ClO3/c1-13-5-7-14(8-6-13)19-20-17(24)3-2-4-18(20)26-22(19)21(25)15-9-11-16(23)12-10-15/h5-12,19,22H,2-4H2,1H3/t19-,22-/m1/s1. The van der Waals surface area contributed by atoms with Crippen LogP contribution in [0.2, 0.25) is 5.02 Å². The Hall–Kier alpha value is -2.39. The number of allylic oxidation sites excluding steroid dienone is 1. The molecule has 2 aromatic rings. The second-order valence-electron chi connectivity index (χ2n) is 6.91. The van der Waals surface area contributed by atoms with Crippen molar-refractivity contribution in [3.63, 3.8) is 0 Å². The summed E-state index contributed by atoms with van der Waals surface area (Å²) >= 11 is 5.94. The number of halogens is 1. The van der Waals surface area contributed by atoms with Crippen LogP contribution in [0.1, 0.15) is 46.7 Å². The van der Waals surface area contributed by atoms with Gasteiger partial charge in [-0.05, 0) is 43.2 Å². The molecule has 4 rings (SSSR count). The molecule has 3 nitrogen and oxygen atoms in total. The summed E-state index contributed by atoms with van der Waals surface area (Å²) in [4.78, 5) is 25.8. The average molecular weight is 367 g/mol. The molecule has 0 saturated heterocycles. The lowest BCUT2D eigenvalue weighted by atomic mass is 9.80. The summed E-state index contributed by atoms with van der Waals surface area (Å²) in [6.07, 6.45) is 1.31. The van der Waals surface area contributed by atoms with Crippen molar-refractivity contribution in [1.82, 2.24) is 0 Å². The molecule has 0 radical (unpaired) electrons. The van der Waals surface area contributed by atoms with E-state index in [1.165, 1.54) is 0 Å². The summed E-state index contributed by atoms with van der Waals surface area (Å²) in [5, 5.41) is 0.580. The van der Waals surface area contributed by atoms with Gasteiger partial charge in [0.25, 0.3) is 0 Å². The molecule has 1 aliphatic heterocycles. The second kappa shape index (κ2) is 6.73. The van der Waals surface area contributed by atoms with Gasteiger partial charge in [-0.15, -0.1) is 0 Å². The molecule has 0 unspecified atom stereocenters. The molecule has 1 aliphatic carbocycles. The molecule has 26 heavy (non-hydrogen) atoms. The summed E-state index contributed by atoms with van der Waals surface area (Å²) in [5.41, 5.74) is 3.32. The maximum atomic E-state index is 13.2. The molecule has 0 N–H and O–H groups in total. The van der Waals surface area contributed by atoms with Gasteiger partial charge in [-0.1, -0.05) is 41.4 Å². The fourth-order valence-corrected chi connectivity index (χ4v) is 3.90. The Bertz CT molecular complexity index is 894. The predicted octanol–water partition coefficient (Wildman–Crippen LogP) is 5.02. The predicted molar refractivity (Wildman–Crippen MR) is 100 cm³/mol. The Morgan fingerprint density at radius 2 is 1.73 bits per heavy atom. The lowest BCUT2D eigenvalue weighted by Gasteiger charge is -2.20. The van der Waals surface area contributed by atoms with Crippen LogP contribution in [0.25, 0.3) is 0 Å². The van der Waals surface area contributed by atoms with Crippen molar-refractivity contribution in [2.24, 2.45) is 0 Å². The molecule has 1 heterocycles. The first-order valence-electron chi connectivity index (χ1n) is 8.84. The largest absolute Gasteiger partial charge is 0.485 e. The van der Waals surface area contributed by atoms with Gasteiger partial charge >= 0.3 is 0 Å². The molecule has 0 fully saturated rings. The van der Waals surface area contributed by atoms with E-state index in [0.717, 1.165) is 17.5 Å². The molecule has 2 aliphatic rings. The number of carbonyl (C=O) groups excluding carboxylic acids is 2. The van der Waals surface area contributed by atoms with Gasteiger partial charge in [0.15, 0.2) is 11.9 Å². The lowest BCUT2D eigenvalue weighted by molar-refractivity contribution is -0.116. The zero-order valence-electron chi connectivity index (χ0n) is 14.5. The maximum absolute atomic E-state index is 13.2. The smallest absolute Gasteiger partial charge is 0.204 e. The number of rotatable bonds is 3. The molecule has 2 atom stereocenters. The minimum absolute atomic E-state index is 0.100. The number of aryl methyl sites for hydroxylation is 1. The highest BCUT2D eigenvalue weighted by molar-refractivity contribution is 6.30. The van der Waals surface area contributed by atoms with E-state index >= 15 is 0 Å². The van der Waals surface area contributed by atoms with Crippen LogP contribution in [0.15, 0.2) is 59.9 Å². The van der Waals surface area contributed by atoms with E-state index in [1.807, 2.05) is 31.2 Å². The van der Waals surface area contributed by atoms with Crippen molar-refractivity contribution in [1.29, 1.82) is 0 Å². The summed E-state index contributed by atoms with van der Waals surface area (Å²) in [6, 6.07) is 14.8. The Kier molecular flexibility index (Phi) is 4.41. The quantitative estimate of drug-likeness (QED) is 0.716. The lowest BCUT2D eigenvalue weighted by Crippen LogP contribution is -2.28. The molecule has 2 aromatic carbocycles. The number of carbonyl (C=O) groups is 2. The van der Waals surface area contributed by atoms with E-state index < -0.39 is 6.10 Å². The van der Waals surface area contributed by atoms with Crippen molar-refractivity contribution >= 4 is 23.2 Å². The fourth-order valence-electron chi connectivity index (χ4n) is 3.77. The third kappa shape index (κ3) is 2.97. The minimum atomic E-state index is -0.703. The maximum Gasteiger partial charge on any atom is 0.204 e.